The van der Waals surface area contributed by atoms with Crippen LogP contribution in [0, 0.1) is 0 Å². The van der Waals surface area contributed by atoms with Crippen molar-refractivity contribution in [2.75, 3.05) is 27.2 Å². The SMILES string of the molecule is CN(C)C(=O)CNC(=O)COC(=O)/C=C/c1ccc(Cl)c(C(F)(F)F)c1. The molecule has 6 nitrogen and oxygen atoms in total. The van der Waals surface area contributed by atoms with Crippen LogP contribution < -0.4 is 5.32 Å². The molecular formula is C16H16ClF3N2O4. The van der Waals surface area contributed by atoms with Crippen LogP contribution in [0.1, 0.15) is 11.1 Å². The van der Waals surface area contributed by atoms with Crippen molar-refractivity contribution in [2.45, 2.75) is 6.18 Å². The smallest absolute Gasteiger partial charge is 0.417 e. The minimum atomic E-state index is -4.62. The molecule has 2 amide bonds. The minimum Gasteiger partial charge on any atom is -0.452 e. The predicted molar refractivity (Wildman–Crippen MR) is 88.2 cm³/mol. The number of benzene rings is 1. The number of carbonyl (C=O) groups is 3. The molecule has 0 aliphatic carbocycles. The fourth-order valence-corrected chi connectivity index (χ4v) is 1.82. The molecule has 0 aliphatic heterocycles. The summed E-state index contributed by atoms with van der Waals surface area (Å²) in [5.74, 6) is -1.96. The first-order chi connectivity index (χ1) is 12.0. The maximum atomic E-state index is 12.7. The number of amides is 2. The second-order valence-electron chi connectivity index (χ2n) is 5.24. The van der Waals surface area contributed by atoms with Crippen LogP contribution in [0.5, 0.6) is 0 Å². The number of ether oxygens (including phenoxy) is 1. The van der Waals surface area contributed by atoms with Crippen LogP contribution in [0.25, 0.3) is 6.08 Å². The number of alkyl halides is 3. The van der Waals surface area contributed by atoms with Crippen molar-refractivity contribution in [1.82, 2.24) is 10.2 Å². The maximum Gasteiger partial charge on any atom is 0.417 e. The van der Waals surface area contributed by atoms with Gasteiger partial charge in [-0.25, -0.2) is 4.79 Å². The lowest BCUT2D eigenvalue weighted by atomic mass is 10.1. The Morgan fingerprint density at radius 2 is 1.92 bits per heavy atom. The van der Waals surface area contributed by atoms with Crippen molar-refractivity contribution < 1.29 is 32.3 Å². The average molecular weight is 393 g/mol. The van der Waals surface area contributed by atoms with E-state index in [-0.39, 0.29) is 18.0 Å². The second-order valence-corrected chi connectivity index (χ2v) is 5.65. The second kappa shape index (κ2) is 9.23. The van der Waals surface area contributed by atoms with Crippen LogP contribution in [0.4, 0.5) is 13.2 Å². The molecule has 0 unspecified atom stereocenters. The van der Waals surface area contributed by atoms with Gasteiger partial charge in [-0.15, -0.1) is 0 Å². The Morgan fingerprint density at radius 1 is 1.27 bits per heavy atom. The molecule has 142 valence electrons. The van der Waals surface area contributed by atoms with E-state index >= 15 is 0 Å². The van der Waals surface area contributed by atoms with Gasteiger partial charge in [0.05, 0.1) is 17.1 Å². The molecule has 0 radical (unpaired) electrons. The Morgan fingerprint density at radius 3 is 2.50 bits per heavy atom. The van der Waals surface area contributed by atoms with E-state index in [0.29, 0.717) is 0 Å². The van der Waals surface area contributed by atoms with Crippen molar-refractivity contribution >= 4 is 35.5 Å². The highest BCUT2D eigenvalue weighted by atomic mass is 35.5. The summed E-state index contributed by atoms with van der Waals surface area (Å²) in [6.45, 7) is -0.873. The first-order valence-electron chi connectivity index (χ1n) is 7.19. The molecule has 26 heavy (non-hydrogen) atoms. The summed E-state index contributed by atoms with van der Waals surface area (Å²) in [4.78, 5) is 35.5. The number of esters is 1. The van der Waals surface area contributed by atoms with Gasteiger partial charge >= 0.3 is 12.1 Å². The quantitative estimate of drug-likeness (QED) is 0.594. The third kappa shape index (κ3) is 7.14. The van der Waals surface area contributed by atoms with Crippen molar-refractivity contribution in [1.29, 1.82) is 0 Å². The number of nitrogens with zero attached hydrogens (tertiary/aromatic N) is 1. The lowest BCUT2D eigenvalue weighted by molar-refractivity contribution is -0.144. The largest absolute Gasteiger partial charge is 0.452 e. The molecular weight excluding hydrogens is 377 g/mol. The number of nitrogens with one attached hydrogen (secondary N) is 1. The standard InChI is InChI=1S/C16H16ClF3N2O4/c1-22(2)14(24)8-21-13(23)9-26-15(25)6-4-10-3-5-12(17)11(7-10)16(18,19)20/h3-7H,8-9H2,1-2H3,(H,21,23)/b6-4+. The summed E-state index contributed by atoms with van der Waals surface area (Å²) < 4.78 is 42.9. The summed E-state index contributed by atoms with van der Waals surface area (Å²) in [5.41, 5.74) is -0.945. The van der Waals surface area contributed by atoms with Gasteiger partial charge in [0, 0.05) is 20.2 Å². The molecule has 1 rings (SSSR count). The monoisotopic (exact) mass is 392 g/mol. The zero-order valence-corrected chi connectivity index (χ0v) is 14.6. The summed E-state index contributed by atoms with van der Waals surface area (Å²) in [5, 5.41) is 1.79. The third-order valence-corrected chi connectivity index (χ3v) is 3.32. The van der Waals surface area contributed by atoms with E-state index in [2.05, 4.69) is 10.1 Å². The first kappa shape index (κ1) is 21.5. The molecule has 0 fully saturated rings. The van der Waals surface area contributed by atoms with Gasteiger partial charge in [0.15, 0.2) is 6.61 Å². The molecule has 1 aromatic rings. The highest BCUT2D eigenvalue weighted by molar-refractivity contribution is 6.31. The molecule has 0 saturated carbocycles. The van der Waals surface area contributed by atoms with Crippen LogP contribution in [0.15, 0.2) is 24.3 Å². The Kier molecular flexibility index (Phi) is 7.63. The van der Waals surface area contributed by atoms with Gasteiger partial charge in [0.25, 0.3) is 5.91 Å². The van der Waals surface area contributed by atoms with Gasteiger partial charge in [-0.1, -0.05) is 17.7 Å². The molecule has 0 atom stereocenters. The normalized spacial score (nSPS) is 11.3. The summed E-state index contributed by atoms with van der Waals surface area (Å²) >= 11 is 5.49. The average Bonchev–Trinajstić information content (AvgIpc) is 2.55. The molecule has 0 bridgehead atoms. The number of hydrogen-bond donors (Lipinski definition) is 1. The number of hydrogen-bond acceptors (Lipinski definition) is 4. The summed E-state index contributed by atoms with van der Waals surface area (Å²) in [7, 11) is 3.03. The Hall–Kier alpha value is -2.55. The van der Waals surface area contributed by atoms with Crippen LogP contribution in [-0.4, -0.2) is 49.9 Å². The fraction of sp³-hybridized carbons (Fsp3) is 0.312. The van der Waals surface area contributed by atoms with E-state index in [9.17, 15) is 27.6 Å². The van der Waals surface area contributed by atoms with E-state index in [1.165, 1.54) is 25.1 Å². The number of halogens is 4. The van der Waals surface area contributed by atoms with Crippen molar-refractivity contribution in [2.24, 2.45) is 0 Å². The zero-order valence-electron chi connectivity index (χ0n) is 13.9. The highest BCUT2D eigenvalue weighted by Gasteiger charge is 2.33. The molecule has 0 saturated heterocycles. The van der Waals surface area contributed by atoms with E-state index < -0.39 is 35.2 Å². The molecule has 0 spiro atoms. The van der Waals surface area contributed by atoms with E-state index in [1.807, 2.05) is 0 Å². The number of likely N-dealkylation sites (N-methyl/N-ethyl adjacent to an activating group) is 1. The van der Waals surface area contributed by atoms with Crippen molar-refractivity contribution in [3.8, 4) is 0 Å². The molecule has 0 heterocycles. The molecule has 0 aliphatic rings. The summed E-state index contributed by atoms with van der Waals surface area (Å²) in [6, 6.07) is 3.14. The van der Waals surface area contributed by atoms with Gasteiger partial charge in [0.2, 0.25) is 5.91 Å². The lowest BCUT2D eigenvalue weighted by Crippen LogP contribution is -2.38. The van der Waals surface area contributed by atoms with Gasteiger partial charge in [0.1, 0.15) is 0 Å². The number of carbonyl (C=O) groups excluding carboxylic acids is 3. The molecule has 1 aromatic carbocycles. The summed E-state index contributed by atoms with van der Waals surface area (Å²) in [6.07, 6.45) is -2.65. The van der Waals surface area contributed by atoms with Crippen molar-refractivity contribution in [3.63, 3.8) is 0 Å². The molecule has 1 N–H and O–H groups in total. The molecule has 0 aromatic heterocycles. The lowest BCUT2D eigenvalue weighted by Gasteiger charge is -2.10. The highest BCUT2D eigenvalue weighted by Crippen LogP contribution is 2.35. The van der Waals surface area contributed by atoms with Crippen LogP contribution >= 0.6 is 11.6 Å². The zero-order chi connectivity index (χ0) is 19.9. The Bertz CT molecular complexity index is 718. The maximum absolute atomic E-state index is 12.7. The fourth-order valence-electron chi connectivity index (χ4n) is 1.60. The minimum absolute atomic E-state index is 0.0831. The van der Waals surface area contributed by atoms with E-state index in [1.54, 1.807) is 0 Å². The van der Waals surface area contributed by atoms with E-state index in [4.69, 9.17) is 11.6 Å². The van der Waals surface area contributed by atoms with Gasteiger partial charge in [-0.3, -0.25) is 9.59 Å². The van der Waals surface area contributed by atoms with Crippen LogP contribution in [0.2, 0.25) is 5.02 Å². The Balaban J connectivity index is 2.55. The third-order valence-electron chi connectivity index (χ3n) is 2.99. The van der Waals surface area contributed by atoms with Gasteiger partial charge in [-0.05, 0) is 23.8 Å². The van der Waals surface area contributed by atoms with Crippen LogP contribution in [-0.2, 0) is 25.3 Å². The Labute approximate surface area is 152 Å². The van der Waals surface area contributed by atoms with Gasteiger partial charge in [-0.2, -0.15) is 13.2 Å². The first-order valence-corrected chi connectivity index (χ1v) is 7.57. The predicted octanol–water partition coefficient (Wildman–Crippen LogP) is 2.12. The van der Waals surface area contributed by atoms with E-state index in [0.717, 1.165) is 24.3 Å². The number of rotatable bonds is 6. The van der Waals surface area contributed by atoms with Gasteiger partial charge < -0.3 is 15.0 Å². The molecule has 10 heteroatoms. The topological polar surface area (TPSA) is 75.7 Å². The van der Waals surface area contributed by atoms with Crippen LogP contribution in [0.3, 0.4) is 0 Å². The van der Waals surface area contributed by atoms with Crippen molar-refractivity contribution in [3.05, 3.63) is 40.4 Å².